The van der Waals surface area contributed by atoms with Crippen LogP contribution in [0.4, 0.5) is 8.78 Å². The van der Waals surface area contributed by atoms with E-state index >= 15 is 0 Å². The molecule has 2 bridgehead atoms. The molecule has 168 valence electrons. The third kappa shape index (κ3) is 3.00. The normalized spacial score (nSPS) is 23.0. The number of imidazole rings is 1. The van der Waals surface area contributed by atoms with Gasteiger partial charge in [-0.1, -0.05) is 17.7 Å². The van der Waals surface area contributed by atoms with Gasteiger partial charge in [0.15, 0.2) is 15.1 Å². The van der Waals surface area contributed by atoms with Gasteiger partial charge in [0.05, 0.1) is 28.6 Å². The number of alkyl halides is 2. The summed E-state index contributed by atoms with van der Waals surface area (Å²) in [7, 11) is -4.30. The minimum absolute atomic E-state index is 0.00554. The van der Waals surface area contributed by atoms with E-state index in [0.29, 0.717) is 21.9 Å². The summed E-state index contributed by atoms with van der Waals surface area (Å²) < 4.78 is 65.3. The van der Waals surface area contributed by atoms with Crippen LogP contribution in [0.25, 0.3) is 11.0 Å². The van der Waals surface area contributed by atoms with Crippen molar-refractivity contribution in [2.24, 2.45) is 0 Å². The van der Waals surface area contributed by atoms with Crippen molar-refractivity contribution in [2.45, 2.75) is 42.1 Å². The minimum Gasteiger partial charge on any atom is -0.465 e. The lowest BCUT2D eigenvalue weighted by Crippen LogP contribution is -2.37. The average molecular weight is 483 g/mol. The predicted molar refractivity (Wildman–Crippen MR) is 111 cm³/mol. The first-order chi connectivity index (χ1) is 15.2. The van der Waals surface area contributed by atoms with Gasteiger partial charge in [0.2, 0.25) is 0 Å². The fourth-order valence-electron chi connectivity index (χ4n) is 4.80. The van der Waals surface area contributed by atoms with Crippen LogP contribution in [0.15, 0.2) is 41.3 Å². The van der Waals surface area contributed by atoms with Crippen LogP contribution in [0.1, 0.15) is 36.7 Å². The minimum atomic E-state index is -4.30. The van der Waals surface area contributed by atoms with Gasteiger partial charge >= 0.3 is 12.6 Å². The maximum Gasteiger partial charge on any atom is 0.387 e. The van der Waals surface area contributed by atoms with Gasteiger partial charge in [0.1, 0.15) is 11.6 Å². The molecular formula is C21H17ClF2N2O5S. The third-order valence-corrected chi connectivity index (χ3v) is 8.29. The molecule has 2 aromatic carbocycles. The van der Waals surface area contributed by atoms with Gasteiger partial charge in [0, 0.05) is 16.5 Å². The molecule has 0 N–H and O–H groups in total. The van der Waals surface area contributed by atoms with Crippen LogP contribution in [0.3, 0.4) is 0 Å². The van der Waals surface area contributed by atoms with Gasteiger partial charge in [0.25, 0.3) is 0 Å². The first kappa shape index (κ1) is 21.1. The number of fused-ring (bicyclic) bond motifs is 9. The summed E-state index contributed by atoms with van der Waals surface area (Å²) in [5, 5.41) is -1.13. The Bertz CT molecular complexity index is 1360. The van der Waals surface area contributed by atoms with Crippen molar-refractivity contribution in [2.75, 3.05) is 6.61 Å². The van der Waals surface area contributed by atoms with E-state index in [4.69, 9.17) is 21.1 Å². The van der Waals surface area contributed by atoms with Crippen molar-refractivity contribution >= 4 is 38.4 Å². The number of hydrogen-bond donors (Lipinski definition) is 0. The van der Waals surface area contributed by atoms with E-state index in [2.05, 4.69) is 4.98 Å². The molecule has 0 amide bonds. The number of carbonyl (C=O) groups excluding carboxylic acids is 1. The quantitative estimate of drug-likeness (QED) is 0.521. The Morgan fingerprint density at radius 1 is 1.31 bits per heavy atom. The van der Waals surface area contributed by atoms with Crippen molar-refractivity contribution in [3.63, 3.8) is 0 Å². The number of esters is 1. The van der Waals surface area contributed by atoms with Crippen LogP contribution < -0.4 is 4.74 Å². The largest absolute Gasteiger partial charge is 0.465 e. The van der Waals surface area contributed by atoms with Crippen LogP contribution in [-0.4, -0.2) is 42.4 Å². The molecule has 2 aliphatic heterocycles. The van der Waals surface area contributed by atoms with Crippen molar-refractivity contribution in [1.82, 2.24) is 9.55 Å². The van der Waals surface area contributed by atoms with E-state index in [0.717, 1.165) is 0 Å². The van der Waals surface area contributed by atoms with Crippen molar-refractivity contribution in [3.8, 4) is 5.75 Å². The molecule has 0 saturated carbocycles. The number of nitrogens with zero attached hydrogens (tertiary/aromatic N) is 2. The Hall–Kier alpha value is -2.72. The first-order valence-corrected chi connectivity index (χ1v) is 11.8. The molecule has 0 fully saturated rings. The Balaban J connectivity index is 1.86. The zero-order valence-corrected chi connectivity index (χ0v) is 18.2. The summed E-state index contributed by atoms with van der Waals surface area (Å²) in [4.78, 5) is 17.3. The molecule has 0 spiro atoms. The molecule has 5 rings (SSSR count). The van der Waals surface area contributed by atoms with Gasteiger partial charge in [-0.3, -0.25) is 4.79 Å². The van der Waals surface area contributed by atoms with E-state index in [1.807, 2.05) is 0 Å². The highest BCUT2D eigenvalue weighted by Gasteiger charge is 2.54. The van der Waals surface area contributed by atoms with E-state index < -0.39 is 39.6 Å². The monoisotopic (exact) mass is 482 g/mol. The second-order valence-corrected chi connectivity index (χ2v) is 10.1. The highest BCUT2D eigenvalue weighted by molar-refractivity contribution is 7.93. The molecule has 7 nitrogen and oxygen atoms in total. The number of sulfone groups is 1. The summed E-state index contributed by atoms with van der Waals surface area (Å²) >= 11 is 6.18. The van der Waals surface area contributed by atoms with Crippen molar-refractivity contribution in [3.05, 3.63) is 52.8 Å². The number of halogens is 3. The van der Waals surface area contributed by atoms with E-state index in [1.54, 1.807) is 29.7 Å². The highest BCUT2D eigenvalue weighted by atomic mass is 35.5. The number of benzene rings is 2. The molecule has 0 saturated heterocycles. The molecule has 2 aliphatic rings. The number of carbonyl (C=O) groups is 1. The Kier molecular flexibility index (Phi) is 4.90. The van der Waals surface area contributed by atoms with Crippen LogP contribution in [-0.2, 0) is 19.4 Å². The summed E-state index contributed by atoms with van der Waals surface area (Å²) in [6.07, 6.45) is 0.157. The summed E-state index contributed by atoms with van der Waals surface area (Å²) in [5.41, 5.74) is 1.23. The average Bonchev–Trinajstić information content (AvgIpc) is 3.22. The summed E-state index contributed by atoms with van der Waals surface area (Å²) in [5.74, 6) is -1.62. The summed E-state index contributed by atoms with van der Waals surface area (Å²) in [6.45, 7) is -1.58. The molecule has 1 aromatic heterocycles. The van der Waals surface area contributed by atoms with Crippen LogP contribution in [0, 0.1) is 0 Å². The Labute approximate surface area is 186 Å². The third-order valence-electron chi connectivity index (χ3n) is 5.90. The fraction of sp³-hybridized carbons (Fsp3) is 0.333. The molecule has 32 heavy (non-hydrogen) atoms. The van der Waals surface area contributed by atoms with Gasteiger partial charge in [-0.15, -0.1) is 0 Å². The number of aromatic nitrogens is 2. The molecule has 3 aromatic rings. The highest BCUT2D eigenvalue weighted by Crippen LogP contribution is 2.53. The lowest BCUT2D eigenvalue weighted by Gasteiger charge is -2.24. The molecule has 3 heterocycles. The van der Waals surface area contributed by atoms with Crippen LogP contribution >= 0.6 is 11.6 Å². The Morgan fingerprint density at radius 3 is 2.81 bits per heavy atom. The lowest BCUT2D eigenvalue weighted by molar-refractivity contribution is -0.143. The van der Waals surface area contributed by atoms with Gasteiger partial charge < -0.3 is 14.0 Å². The van der Waals surface area contributed by atoms with Gasteiger partial charge in [-0.25, -0.2) is 13.4 Å². The second kappa shape index (κ2) is 7.41. The second-order valence-electron chi connectivity index (χ2n) is 7.60. The number of rotatable bonds is 4. The number of hydrogen-bond acceptors (Lipinski definition) is 6. The molecule has 3 atom stereocenters. The molecule has 0 radical (unpaired) electrons. The maximum absolute atomic E-state index is 13.6. The topological polar surface area (TPSA) is 87.5 Å². The Morgan fingerprint density at radius 2 is 2.09 bits per heavy atom. The SMILES string of the molecule is CCOC(=O)[C@H]1[C@H]2C[C@@H](c3c(OC(F)F)cccc3S1(=O)=O)n1c2nc2ccc(Cl)cc21. The number of ether oxygens (including phenoxy) is 2. The summed E-state index contributed by atoms with van der Waals surface area (Å²) in [6, 6.07) is 8.23. The molecule has 0 aliphatic carbocycles. The van der Waals surface area contributed by atoms with Crippen LogP contribution in [0.5, 0.6) is 5.75 Å². The van der Waals surface area contributed by atoms with Gasteiger partial charge in [-0.05, 0) is 43.7 Å². The van der Waals surface area contributed by atoms with Gasteiger partial charge in [-0.2, -0.15) is 8.78 Å². The standard InChI is InChI=1S/C21H17ClF2N2O5S/c1-2-30-20(27)18-11-9-14(26-13-8-10(22)6-7-12(13)25-19(11)26)17-15(31-21(23)24)4-3-5-16(17)32(18,28)29/h3-8,11,14,18,21H,2,9H2,1H3/t11-,14+,18-/m1/s1. The van der Waals surface area contributed by atoms with Crippen molar-refractivity contribution < 1.29 is 31.5 Å². The van der Waals surface area contributed by atoms with E-state index in [1.165, 1.54) is 18.2 Å². The van der Waals surface area contributed by atoms with Crippen molar-refractivity contribution in [1.29, 1.82) is 0 Å². The van der Waals surface area contributed by atoms with E-state index in [9.17, 15) is 22.0 Å². The molecule has 0 unspecified atom stereocenters. The maximum atomic E-state index is 13.6. The first-order valence-electron chi connectivity index (χ1n) is 9.89. The zero-order valence-electron chi connectivity index (χ0n) is 16.7. The lowest BCUT2D eigenvalue weighted by atomic mass is 9.95. The smallest absolute Gasteiger partial charge is 0.387 e. The molecule has 11 heteroatoms. The molecular weight excluding hydrogens is 466 g/mol. The van der Waals surface area contributed by atoms with Crippen LogP contribution in [0.2, 0.25) is 5.02 Å². The fourth-order valence-corrected chi connectivity index (χ4v) is 7.04. The van der Waals surface area contributed by atoms with E-state index in [-0.39, 0.29) is 29.2 Å². The zero-order chi connectivity index (χ0) is 22.8. The predicted octanol–water partition coefficient (Wildman–Crippen LogP) is 4.09.